The van der Waals surface area contributed by atoms with E-state index in [-0.39, 0.29) is 5.41 Å². The summed E-state index contributed by atoms with van der Waals surface area (Å²) >= 11 is 0. The first-order chi connectivity index (χ1) is 24.7. The van der Waals surface area contributed by atoms with Gasteiger partial charge in [-0.2, -0.15) is 0 Å². The Balaban J connectivity index is 1.19. The molecule has 1 heterocycles. The SMILES string of the molecule is CC1=Cc2c(n(-c3ccc(-c4ccc(N(c5ccc(C)cc5)c5cccc6c5C(C)(C)C=C/C=C\C=C6C)cc4)cc3)c3ccc(C)cc23)CC1. The van der Waals surface area contributed by atoms with Gasteiger partial charge in [-0.3, -0.25) is 0 Å². The van der Waals surface area contributed by atoms with Crippen LogP contribution in [-0.2, 0) is 11.8 Å². The van der Waals surface area contributed by atoms with Crippen molar-refractivity contribution < 1.29 is 0 Å². The number of rotatable bonds is 5. The minimum atomic E-state index is -0.196. The first-order valence-corrected chi connectivity index (χ1v) is 18.2. The van der Waals surface area contributed by atoms with E-state index in [1.54, 1.807) is 0 Å². The van der Waals surface area contributed by atoms with Crippen LogP contribution in [0.4, 0.5) is 17.1 Å². The molecule has 6 aromatic rings. The van der Waals surface area contributed by atoms with Gasteiger partial charge >= 0.3 is 0 Å². The van der Waals surface area contributed by atoms with Gasteiger partial charge in [-0.1, -0.05) is 122 Å². The second-order valence-electron chi connectivity index (χ2n) is 15.0. The number of fused-ring (bicyclic) bond motifs is 4. The average molecular weight is 663 g/mol. The largest absolute Gasteiger partial charge is 0.313 e. The third-order valence-corrected chi connectivity index (χ3v) is 10.7. The third-order valence-electron chi connectivity index (χ3n) is 10.7. The Morgan fingerprint density at radius 1 is 0.647 bits per heavy atom. The zero-order valence-electron chi connectivity index (χ0n) is 30.7. The number of aromatic nitrogens is 1. The van der Waals surface area contributed by atoms with Gasteiger partial charge in [0.15, 0.2) is 0 Å². The van der Waals surface area contributed by atoms with Gasteiger partial charge < -0.3 is 9.47 Å². The van der Waals surface area contributed by atoms with Crippen molar-refractivity contribution in [3.05, 3.63) is 179 Å². The van der Waals surface area contributed by atoms with Crippen molar-refractivity contribution in [1.82, 2.24) is 4.57 Å². The van der Waals surface area contributed by atoms with Gasteiger partial charge in [0.2, 0.25) is 0 Å². The summed E-state index contributed by atoms with van der Waals surface area (Å²) in [6.07, 6.45) is 15.6. The van der Waals surface area contributed by atoms with Crippen LogP contribution in [0.15, 0.2) is 145 Å². The van der Waals surface area contributed by atoms with Gasteiger partial charge in [0.05, 0.1) is 11.2 Å². The fourth-order valence-corrected chi connectivity index (χ4v) is 8.01. The van der Waals surface area contributed by atoms with Crippen LogP contribution in [0.3, 0.4) is 0 Å². The molecule has 2 nitrogen and oxygen atoms in total. The molecule has 8 rings (SSSR count). The smallest absolute Gasteiger partial charge is 0.0537 e. The first-order valence-electron chi connectivity index (χ1n) is 18.2. The number of benzene rings is 5. The van der Waals surface area contributed by atoms with E-state index in [4.69, 9.17) is 0 Å². The summed E-state index contributed by atoms with van der Waals surface area (Å²) in [4.78, 5) is 2.43. The molecular weight excluding hydrogens is 617 g/mol. The Labute approximate surface area is 303 Å². The molecule has 0 fully saturated rings. The second kappa shape index (κ2) is 12.9. The summed E-state index contributed by atoms with van der Waals surface area (Å²) in [6.45, 7) is 13.5. The molecule has 0 bridgehead atoms. The summed E-state index contributed by atoms with van der Waals surface area (Å²) in [5, 5.41) is 1.35. The van der Waals surface area contributed by atoms with E-state index >= 15 is 0 Å². The Morgan fingerprint density at radius 3 is 2.04 bits per heavy atom. The fourth-order valence-electron chi connectivity index (χ4n) is 8.01. The first kappa shape index (κ1) is 32.6. The molecule has 0 saturated carbocycles. The highest BCUT2D eigenvalue weighted by Crippen LogP contribution is 2.45. The van der Waals surface area contributed by atoms with E-state index in [0.717, 1.165) is 24.2 Å². The highest BCUT2D eigenvalue weighted by molar-refractivity contribution is 5.94. The maximum absolute atomic E-state index is 2.48. The van der Waals surface area contributed by atoms with Gasteiger partial charge in [0.1, 0.15) is 0 Å². The minimum absolute atomic E-state index is 0.196. The van der Waals surface area contributed by atoms with Crippen molar-refractivity contribution >= 4 is 39.6 Å². The Kier molecular flexibility index (Phi) is 8.27. The zero-order chi connectivity index (χ0) is 35.3. The van der Waals surface area contributed by atoms with E-state index in [1.165, 1.54) is 78.1 Å². The van der Waals surface area contributed by atoms with Gasteiger partial charge in [-0.15, -0.1) is 0 Å². The van der Waals surface area contributed by atoms with Crippen LogP contribution in [0.1, 0.15) is 67.6 Å². The van der Waals surface area contributed by atoms with Gasteiger partial charge in [0, 0.05) is 39.1 Å². The quantitative estimate of drug-likeness (QED) is 0.178. The molecule has 2 aliphatic carbocycles. The monoisotopic (exact) mass is 662 g/mol. The topological polar surface area (TPSA) is 8.17 Å². The fraction of sp³-hybridized carbons (Fsp3) is 0.184. The maximum Gasteiger partial charge on any atom is 0.0537 e. The van der Waals surface area contributed by atoms with Gasteiger partial charge in [-0.25, -0.2) is 0 Å². The predicted octanol–water partition coefficient (Wildman–Crippen LogP) is 13.5. The molecule has 0 radical (unpaired) electrons. The third kappa shape index (κ3) is 5.99. The van der Waals surface area contributed by atoms with E-state index in [1.807, 2.05) is 0 Å². The average Bonchev–Trinajstić information content (AvgIpc) is 3.46. The molecule has 0 atom stereocenters. The van der Waals surface area contributed by atoms with Crippen molar-refractivity contribution in [3.8, 4) is 16.8 Å². The molecule has 51 heavy (non-hydrogen) atoms. The van der Waals surface area contributed by atoms with E-state index < -0.39 is 0 Å². The Morgan fingerprint density at radius 2 is 1.31 bits per heavy atom. The lowest BCUT2D eigenvalue weighted by Gasteiger charge is -2.34. The van der Waals surface area contributed by atoms with Crippen LogP contribution >= 0.6 is 0 Å². The van der Waals surface area contributed by atoms with Crippen molar-refractivity contribution in [2.75, 3.05) is 4.90 Å². The molecule has 0 unspecified atom stereocenters. The lowest BCUT2D eigenvalue weighted by atomic mass is 9.78. The Bertz CT molecular complexity index is 2390. The van der Waals surface area contributed by atoms with Crippen LogP contribution in [-0.4, -0.2) is 4.57 Å². The number of nitrogens with zero attached hydrogens (tertiary/aromatic N) is 2. The van der Waals surface area contributed by atoms with Gasteiger partial charge in [0.25, 0.3) is 0 Å². The predicted molar refractivity (Wildman–Crippen MR) is 220 cm³/mol. The van der Waals surface area contributed by atoms with E-state index in [9.17, 15) is 0 Å². The minimum Gasteiger partial charge on any atom is -0.313 e. The molecular formula is C49H46N2. The summed E-state index contributed by atoms with van der Waals surface area (Å²) in [6, 6.07) is 40.7. The summed E-state index contributed by atoms with van der Waals surface area (Å²) in [5.74, 6) is 0. The molecule has 0 N–H and O–H groups in total. The summed E-state index contributed by atoms with van der Waals surface area (Å²) in [7, 11) is 0. The van der Waals surface area contributed by atoms with Crippen LogP contribution in [0.25, 0.3) is 39.4 Å². The molecule has 0 amide bonds. The molecule has 0 spiro atoms. The highest BCUT2D eigenvalue weighted by atomic mass is 15.1. The molecule has 2 heteroatoms. The maximum atomic E-state index is 2.48. The number of hydrogen-bond acceptors (Lipinski definition) is 1. The molecule has 0 aliphatic heterocycles. The number of hydrogen-bond donors (Lipinski definition) is 0. The lowest BCUT2D eigenvalue weighted by Crippen LogP contribution is -2.22. The van der Waals surface area contributed by atoms with Crippen molar-refractivity contribution in [3.63, 3.8) is 0 Å². The highest BCUT2D eigenvalue weighted by Gasteiger charge is 2.29. The second-order valence-corrected chi connectivity index (χ2v) is 15.0. The van der Waals surface area contributed by atoms with Crippen LogP contribution in [0.5, 0.6) is 0 Å². The zero-order valence-corrected chi connectivity index (χ0v) is 30.7. The molecule has 2 aliphatic rings. The summed E-state index contributed by atoms with van der Waals surface area (Å²) < 4.78 is 2.48. The van der Waals surface area contributed by atoms with Crippen LogP contribution in [0, 0.1) is 13.8 Å². The Hall–Kier alpha value is -5.60. The normalized spacial score (nSPS) is 15.6. The number of anilines is 3. The van der Waals surface area contributed by atoms with E-state index in [0.29, 0.717) is 0 Å². The number of allylic oxidation sites excluding steroid dienone is 7. The molecule has 1 aromatic heterocycles. The summed E-state index contributed by atoms with van der Waals surface area (Å²) in [5.41, 5.74) is 18.9. The molecule has 5 aromatic carbocycles. The van der Waals surface area contributed by atoms with Gasteiger partial charge in [-0.05, 0) is 123 Å². The van der Waals surface area contributed by atoms with Crippen LogP contribution in [0.2, 0.25) is 0 Å². The standard InChI is InChI=1S/C49H46N2/c1-33-14-22-39(23-15-33)50(47-13-10-12-42-36(4)11-8-7-9-30-49(5,6)48(42)47)40-24-18-37(19-25-40)38-20-26-41(27-21-38)51-45-28-16-34(2)31-43(45)44-32-35(3)17-29-46(44)51/h7-16,18-28,30-32H,17,29H2,1-6H3/b8-7-,30-9?,36-11?. The van der Waals surface area contributed by atoms with Crippen molar-refractivity contribution in [2.24, 2.45) is 0 Å². The van der Waals surface area contributed by atoms with Crippen LogP contribution < -0.4 is 4.90 Å². The number of aryl methyl sites for hydroxylation is 2. The lowest BCUT2D eigenvalue weighted by molar-refractivity contribution is 0.668. The van der Waals surface area contributed by atoms with Crippen molar-refractivity contribution in [2.45, 2.75) is 59.8 Å². The molecule has 0 saturated heterocycles. The van der Waals surface area contributed by atoms with Crippen molar-refractivity contribution in [1.29, 1.82) is 0 Å². The molecule has 252 valence electrons. The van der Waals surface area contributed by atoms with E-state index in [2.05, 4.69) is 197 Å².